The molecule has 0 bridgehead atoms. The lowest BCUT2D eigenvalue weighted by atomic mass is 10.00. The van der Waals surface area contributed by atoms with Gasteiger partial charge in [0.1, 0.15) is 0 Å². The summed E-state index contributed by atoms with van der Waals surface area (Å²) in [5, 5.41) is 9.75. The highest BCUT2D eigenvalue weighted by Crippen LogP contribution is 2.16. The summed E-state index contributed by atoms with van der Waals surface area (Å²) in [6.45, 7) is 1.90. The topological polar surface area (TPSA) is 66.4 Å². The van der Waals surface area contributed by atoms with Crippen LogP contribution in [0.25, 0.3) is 0 Å². The first-order valence-electron chi connectivity index (χ1n) is 5.91. The molecule has 0 saturated heterocycles. The van der Waals surface area contributed by atoms with Crippen LogP contribution in [0.15, 0.2) is 41.3 Å². The molecule has 0 spiro atoms. The third kappa shape index (κ3) is 2.98. The Hall–Kier alpha value is -1.17. The van der Waals surface area contributed by atoms with Crippen LogP contribution in [0.4, 0.5) is 0 Å². The molecule has 98 valence electrons. The van der Waals surface area contributed by atoms with Gasteiger partial charge >= 0.3 is 0 Å². The van der Waals surface area contributed by atoms with E-state index in [2.05, 4.69) is 4.72 Å². The molecule has 1 aromatic rings. The highest BCUT2D eigenvalue weighted by molar-refractivity contribution is 7.89. The summed E-state index contributed by atoms with van der Waals surface area (Å²) in [5.41, 5.74) is 1.01. The number of aliphatic hydroxyl groups excluding tert-OH is 1. The lowest BCUT2D eigenvalue weighted by molar-refractivity contribution is 0.136. The molecule has 4 nitrogen and oxygen atoms in total. The molecule has 18 heavy (non-hydrogen) atoms. The van der Waals surface area contributed by atoms with Gasteiger partial charge in [0.2, 0.25) is 10.0 Å². The Labute approximate surface area is 107 Å². The van der Waals surface area contributed by atoms with Crippen LogP contribution >= 0.6 is 0 Å². The van der Waals surface area contributed by atoms with Crippen molar-refractivity contribution in [3.63, 3.8) is 0 Å². The lowest BCUT2D eigenvalue weighted by Crippen LogP contribution is -2.43. The van der Waals surface area contributed by atoms with Gasteiger partial charge in [-0.2, -0.15) is 0 Å². The van der Waals surface area contributed by atoms with Crippen molar-refractivity contribution in [2.45, 2.75) is 36.8 Å². The van der Waals surface area contributed by atoms with Crippen LogP contribution in [0.5, 0.6) is 0 Å². The van der Waals surface area contributed by atoms with Gasteiger partial charge in [-0.3, -0.25) is 0 Å². The van der Waals surface area contributed by atoms with E-state index < -0.39 is 22.2 Å². The fraction of sp³-hybridized carbons (Fsp3) is 0.385. The fourth-order valence-corrected chi connectivity index (χ4v) is 3.19. The van der Waals surface area contributed by atoms with Gasteiger partial charge in [-0.05, 0) is 31.9 Å². The predicted molar refractivity (Wildman–Crippen MR) is 69.7 cm³/mol. The Balaban J connectivity index is 2.16. The Morgan fingerprint density at radius 1 is 1.17 bits per heavy atom. The highest BCUT2D eigenvalue weighted by atomic mass is 32.2. The van der Waals surface area contributed by atoms with E-state index >= 15 is 0 Å². The fourth-order valence-electron chi connectivity index (χ4n) is 1.91. The van der Waals surface area contributed by atoms with E-state index in [4.69, 9.17) is 0 Å². The number of rotatable bonds is 3. The van der Waals surface area contributed by atoms with Crippen molar-refractivity contribution in [2.75, 3.05) is 0 Å². The molecule has 2 N–H and O–H groups in total. The van der Waals surface area contributed by atoms with Crippen LogP contribution in [-0.2, 0) is 10.0 Å². The van der Waals surface area contributed by atoms with E-state index in [1.807, 2.05) is 19.1 Å². The van der Waals surface area contributed by atoms with Gasteiger partial charge in [0, 0.05) is 0 Å². The van der Waals surface area contributed by atoms with E-state index in [9.17, 15) is 13.5 Å². The zero-order chi connectivity index (χ0) is 13.2. The van der Waals surface area contributed by atoms with Gasteiger partial charge in [-0.25, -0.2) is 13.1 Å². The summed E-state index contributed by atoms with van der Waals surface area (Å²) in [6, 6.07) is 6.21. The third-order valence-corrected chi connectivity index (χ3v) is 4.54. The smallest absolute Gasteiger partial charge is 0.240 e. The minimum absolute atomic E-state index is 0.231. The van der Waals surface area contributed by atoms with Crippen molar-refractivity contribution in [2.24, 2.45) is 0 Å². The standard InChI is InChI=1S/C13H17NO3S/c1-10-6-8-11(9-7-10)18(16,17)14-12-4-2-3-5-13(12)15/h2-3,6-9,12-15H,4-5H2,1H3/t12-,13-/m1/s1. The molecule has 1 aliphatic rings. The maximum atomic E-state index is 12.1. The second-order valence-corrected chi connectivity index (χ2v) is 6.26. The molecule has 1 aromatic carbocycles. The van der Waals surface area contributed by atoms with Crippen molar-refractivity contribution in [3.8, 4) is 0 Å². The summed E-state index contributed by atoms with van der Waals surface area (Å²) < 4.78 is 26.8. The number of hydrogen-bond donors (Lipinski definition) is 2. The molecule has 0 heterocycles. The second kappa shape index (κ2) is 5.22. The molecular formula is C13H17NO3S. The van der Waals surface area contributed by atoms with Crippen molar-refractivity contribution < 1.29 is 13.5 Å². The van der Waals surface area contributed by atoms with Gasteiger partial charge in [0.15, 0.2) is 0 Å². The summed E-state index contributed by atoms with van der Waals surface area (Å²) in [7, 11) is -3.55. The van der Waals surface area contributed by atoms with Gasteiger partial charge in [-0.1, -0.05) is 29.8 Å². The highest BCUT2D eigenvalue weighted by Gasteiger charge is 2.25. The largest absolute Gasteiger partial charge is 0.391 e. The monoisotopic (exact) mass is 267 g/mol. The Kier molecular flexibility index (Phi) is 3.85. The maximum Gasteiger partial charge on any atom is 0.240 e. The summed E-state index contributed by atoms with van der Waals surface area (Å²) >= 11 is 0. The molecule has 2 atom stereocenters. The zero-order valence-corrected chi connectivity index (χ0v) is 11.0. The van der Waals surface area contributed by atoms with E-state index in [0.717, 1.165) is 5.56 Å². The van der Waals surface area contributed by atoms with E-state index in [1.165, 1.54) is 0 Å². The summed E-state index contributed by atoms with van der Waals surface area (Å²) in [5.74, 6) is 0. The molecule has 0 aliphatic heterocycles. The lowest BCUT2D eigenvalue weighted by Gasteiger charge is -2.24. The maximum absolute atomic E-state index is 12.1. The first-order valence-corrected chi connectivity index (χ1v) is 7.39. The first kappa shape index (κ1) is 13.3. The Morgan fingerprint density at radius 3 is 2.39 bits per heavy atom. The number of nitrogens with one attached hydrogen (secondary N) is 1. The van der Waals surface area contributed by atoms with Crippen LogP contribution in [0.1, 0.15) is 18.4 Å². The Bertz CT molecular complexity index is 534. The van der Waals surface area contributed by atoms with Gasteiger partial charge < -0.3 is 5.11 Å². The molecule has 0 fully saturated rings. The number of aryl methyl sites for hydroxylation is 1. The Morgan fingerprint density at radius 2 is 1.78 bits per heavy atom. The van der Waals surface area contributed by atoms with Crippen LogP contribution in [0.2, 0.25) is 0 Å². The van der Waals surface area contributed by atoms with Gasteiger partial charge in [0.25, 0.3) is 0 Å². The molecule has 5 heteroatoms. The molecule has 0 unspecified atom stereocenters. The normalized spacial score (nSPS) is 24.1. The molecule has 2 rings (SSSR count). The molecular weight excluding hydrogens is 250 g/mol. The van der Waals surface area contributed by atoms with Crippen molar-refractivity contribution in [1.82, 2.24) is 4.72 Å². The van der Waals surface area contributed by atoms with Crippen LogP contribution in [0, 0.1) is 6.92 Å². The number of hydrogen-bond acceptors (Lipinski definition) is 3. The van der Waals surface area contributed by atoms with E-state index in [1.54, 1.807) is 24.3 Å². The van der Waals surface area contributed by atoms with E-state index in [-0.39, 0.29) is 4.90 Å². The van der Waals surface area contributed by atoms with Gasteiger partial charge in [0.05, 0.1) is 17.0 Å². The average Bonchev–Trinajstić information content (AvgIpc) is 2.32. The number of sulfonamides is 1. The third-order valence-electron chi connectivity index (χ3n) is 3.04. The second-order valence-electron chi connectivity index (χ2n) is 4.55. The van der Waals surface area contributed by atoms with Gasteiger partial charge in [-0.15, -0.1) is 0 Å². The van der Waals surface area contributed by atoms with Crippen LogP contribution < -0.4 is 4.72 Å². The summed E-state index contributed by atoms with van der Waals surface area (Å²) in [6.07, 6.45) is 4.10. The predicted octanol–water partition coefficient (Wildman–Crippen LogP) is 1.35. The van der Waals surface area contributed by atoms with Crippen LogP contribution in [0.3, 0.4) is 0 Å². The van der Waals surface area contributed by atoms with E-state index in [0.29, 0.717) is 12.8 Å². The number of benzene rings is 1. The molecule has 0 amide bonds. The van der Waals surface area contributed by atoms with Crippen molar-refractivity contribution in [3.05, 3.63) is 42.0 Å². The quantitative estimate of drug-likeness (QED) is 0.812. The molecule has 0 aromatic heterocycles. The first-order chi connectivity index (χ1) is 8.49. The molecule has 0 radical (unpaired) electrons. The number of aliphatic hydroxyl groups is 1. The van der Waals surface area contributed by atoms with Crippen molar-refractivity contribution in [1.29, 1.82) is 0 Å². The minimum Gasteiger partial charge on any atom is -0.391 e. The van der Waals surface area contributed by atoms with Crippen LogP contribution in [-0.4, -0.2) is 25.7 Å². The SMILES string of the molecule is Cc1ccc(S(=O)(=O)N[C@@H]2CC=CC[C@H]2O)cc1. The molecule has 1 aliphatic carbocycles. The summed E-state index contributed by atoms with van der Waals surface area (Å²) in [4.78, 5) is 0.231. The minimum atomic E-state index is -3.55. The molecule has 0 saturated carbocycles. The van der Waals surface area contributed by atoms with Crippen molar-refractivity contribution >= 4 is 10.0 Å². The zero-order valence-electron chi connectivity index (χ0n) is 10.2. The average molecular weight is 267 g/mol.